The molecule has 0 saturated heterocycles. The quantitative estimate of drug-likeness (QED) is 0.764. The molecule has 2 aromatic rings. The fourth-order valence-corrected chi connectivity index (χ4v) is 1.31. The third-order valence-electron chi connectivity index (χ3n) is 2.17. The number of anilines is 1. The smallest absolute Gasteiger partial charge is 0.114 e. The molecule has 2 rings (SSSR count). The van der Waals surface area contributed by atoms with Crippen LogP contribution < -0.4 is 5.73 Å². The molecule has 4 nitrogen and oxygen atoms in total. The summed E-state index contributed by atoms with van der Waals surface area (Å²) in [6, 6.07) is 3.68. The first-order valence-electron chi connectivity index (χ1n) is 4.43. The fraction of sp³-hybridized carbons (Fsp3) is 0.200. The standard InChI is InChI=1S/C10H12N4/c1-14-6-5-13-10(14)7-9-8(11)3-2-4-12-9/h2-6H,7,11H2,1H3. The Kier molecular flexibility index (Phi) is 2.18. The van der Waals surface area contributed by atoms with Crippen LogP contribution in [0, 0.1) is 0 Å². The average molecular weight is 188 g/mol. The van der Waals surface area contributed by atoms with Crippen molar-refractivity contribution in [2.24, 2.45) is 7.05 Å². The van der Waals surface area contributed by atoms with Gasteiger partial charge in [0.1, 0.15) is 5.82 Å². The fourth-order valence-electron chi connectivity index (χ4n) is 1.31. The number of nitrogen functional groups attached to an aromatic ring is 1. The Morgan fingerprint density at radius 3 is 2.86 bits per heavy atom. The molecule has 0 aliphatic rings. The molecule has 0 unspecified atom stereocenters. The summed E-state index contributed by atoms with van der Waals surface area (Å²) in [4.78, 5) is 8.44. The molecule has 2 N–H and O–H groups in total. The Labute approximate surface area is 82.4 Å². The van der Waals surface area contributed by atoms with Crippen LogP contribution in [0.5, 0.6) is 0 Å². The minimum atomic E-state index is 0.677. The number of nitrogens with zero attached hydrogens (tertiary/aromatic N) is 3. The van der Waals surface area contributed by atoms with Gasteiger partial charge in [-0.3, -0.25) is 4.98 Å². The monoisotopic (exact) mass is 188 g/mol. The van der Waals surface area contributed by atoms with Crippen molar-refractivity contribution in [1.29, 1.82) is 0 Å². The molecule has 0 atom stereocenters. The second kappa shape index (κ2) is 3.49. The van der Waals surface area contributed by atoms with E-state index in [0.717, 1.165) is 17.2 Å². The summed E-state index contributed by atoms with van der Waals surface area (Å²) in [6.45, 7) is 0. The van der Waals surface area contributed by atoms with E-state index < -0.39 is 0 Å². The van der Waals surface area contributed by atoms with E-state index in [-0.39, 0.29) is 0 Å². The normalized spacial score (nSPS) is 10.4. The van der Waals surface area contributed by atoms with Gasteiger partial charge in [-0.25, -0.2) is 4.98 Å². The largest absolute Gasteiger partial charge is 0.397 e. The van der Waals surface area contributed by atoms with E-state index in [2.05, 4.69) is 9.97 Å². The van der Waals surface area contributed by atoms with E-state index in [9.17, 15) is 0 Å². The van der Waals surface area contributed by atoms with Gasteiger partial charge in [0.2, 0.25) is 0 Å². The predicted molar refractivity (Wildman–Crippen MR) is 54.7 cm³/mol. The van der Waals surface area contributed by atoms with Crippen molar-refractivity contribution < 1.29 is 0 Å². The zero-order valence-corrected chi connectivity index (χ0v) is 8.01. The topological polar surface area (TPSA) is 56.7 Å². The van der Waals surface area contributed by atoms with Crippen molar-refractivity contribution in [2.75, 3.05) is 5.73 Å². The zero-order chi connectivity index (χ0) is 9.97. The molecule has 0 aliphatic carbocycles. The highest BCUT2D eigenvalue weighted by Gasteiger charge is 2.04. The molecule has 0 fully saturated rings. The van der Waals surface area contributed by atoms with E-state index in [4.69, 9.17) is 5.73 Å². The van der Waals surface area contributed by atoms with Gasteiger partial charge in [0.15, 0.2) is 0 Å². The lowest BCUT2D eigenvalue weighted by Gasteiger charge is -2.03. The predicted octanol–water partition coefficient (Wildman–Crippen LogP) is 0.988. The minimum Gasteiger partial charge on any atom is -0.397 e. The van der Waals surface area contributed by atoms with E-state index >= 15 is 0 Å². The van der Waals surface area contributed by atoms with Crippen molar-refractivity contribution in [2.45, 2.75) is 6.42 Å². The molecule has 0 saturated carbocycles. The number of aromatic nitrogens is 3. The summed E-state index contributed by atoms with van der Waals surface area (Å²) in [5.41, 5.74) is 7.38. The summed E-state index contributed by atoms with van der Waals surface area (Å²) in [5, 5.41) is 0. The van der Waals surface area contributed by atoms with Gasteiger partial charge >= 0.3 is 0 Å². The van der Waals surface area contributed by atoms with Crippen molar-refractivity contribution in [3.8, 4) is 0 Å². The first-order chi connectivity index (χ1) is 6.77. The van der Waals surface area contributed by atoms with Crippen molar-refractivity contribution in [3.05, 3.63) is 42.2 Å². The first-order valence-corrected chi connectivity index (χ1v) is 4.43. The summed E-state index contributed by atoms with van der Waals surface area (Å²) in [7, 11) is 1.96. The second-order valence-corrected chi connectivity index (χ2v) is 3.17. The Hall–Kier alpha value is -1.84. The number of hydrogen-bond donors (Lipinski definition) is 1. The van der Waals surface area contributed by atoms with E-state index in [1.807, 2.05) is 29.9 Å². The number of nitrogens with two attached hydrogens (primary N) is 1. The molecule has 0 bridgehead atoms. The molecule has 0 aliphatic heterocycles. The summed E-state index contributed by atoms with van der Waals surface area (Å²) < 4.78 is 1.97. The van der Waals surface area contributed by atoms with Gasteiger partial charge in [-0.05, 0) is 12.1 Å². The van der Waals surface area contributed by atoms with Gasteiger partial charge in [-0.1, -0.05) is 0 Å². The molecular formula is C10H12N4. The SMILES string of the molecule is Cn1ccnc1Cc1ncccc1N. The summed E-state index contributed by atoms with van der Waals surface area (Å²) in [6.07, 6.45) is 6.10. The maximum absolute atomic E-state index is 5.79. The third-order valence-corrected chi connectivity index (χ3v) is 2.17. The zero-order valence-electron chi connectivity index (χ0n) is 8.01. The van der Waals surface area contributed by atoms with E-state index in [1.54, 1.807) is 12.4 Å². The number of rotatable bonds is 2. The molecule has 0 aromatic carbocycles. The first kappa shape index (κ1) is 8.74. The van der Waals surface area contributed by atoms with Crippen molar-refractivity contribution in [3.63, 3.8) is 0 Å². The Morgan fingerprint density at radius 2 is 2.21 bits per heavy atom. The highest BCUT2D eigenvalue weighted by molar-refractivity contribution is 5.43. The molecule has 0 radical (unpaired) electrons. The Morgan fingerprint density at radius 1 is 1.36 bits per heavy atom. The maximum atomic E-state index is 5.79. The maximum Gasteiger partial charge on any atom is 0.114 e. The van der Waals surface area contributed by atoms with Crippen molar-refractivity contribution in [1.82, 2.24) is 14.5 Å². The number of hydrogen-bond acceptors (Lipinski definition) is 3. The second-order valence-electron chi connectivity index (χ2n) is 3.17. The van der Waals surface area contributed by atoms with Gasteiger partial charge in [0.25, 0.3) is 0 Å². The van der Waals surface area contributed by atoms with Gasteiger partial charge in [-0.2, -0.15) is 0 Å². The lowest BCUT2D eigenvalue weighted by atomic mass is 10.2. The molecule has 14 heavy (non-hydrogen) atoms. The summed E-state index contributed by atoms with van der Waals surface area (Å²) >= 11 is 0. The minimum absolute atomic E-state index is 0.677. The number of aryl methyl sites for hydroxylation is 1. The van der Waals surface area contributed by atoms with Crippen LogP contribution in [0.1, 0.15) is 11.5 Å². The highest BCUT2D eigenvalue weighted by atomic mass is 15.0. The van der Waals surface area contributed by atoms with Crippen LogP contribution in [0.4, 0.5) is 5.69 Å². The number of imidazole rings is 1. The van der Waals surface area contributed by atoms with Crippen LogP contribution in [-0.4, -0.2) is 14.5 Å². The molecule has 2 heterocycles. The number of pyridine rings is 1. The van der Waals surface area contributed by atoms with Crippen molar-refractivity contribution >= 4 is 5.69 Å². The van der Waals surface area contributed by atoms with Crippen LogP contribution in [0.25, 0.3) is 0 Å². The van der Waals surface area contributed by atoms with Crippen LogP contribution >= 0.6 is 0 Å². The van der Waals surface area contributed by atoms with E-state index in [0.29, 0.717) is 6.42 Å². The average Bonchev–Trinajstić information content (AvgIpc) is 2.56. The molecular weight excluding hydrogens is 176 g/mol. The Bertz CT molecular complexity index is 433. The van der Waals surface area contributed by atoms with Gasteiger partial charge in [-0.15, -0.1) is 0 Å². The van der Waals surface area contributed by atoms with Crippen LogP contribution in [0.2, 0.25) is 0 Å². The Balaban J connectivity index is 2.28. The van der Waals surface area contributed by atoms with Gasteiger partial charge in [0, 0.05) is 25.6 Å². The third kappa shape index (κ3) is 1.59. The lowest BCUT2D eigenvalue weighted by Crippen LogP contribution is -2.03. The van der Waals surface area contributed by atoms with Crippen LogP contribution in [0.15, 0.2) is 30.7 Å². The van der Waals surface area contributed by atoms with Crippen LogP contribution in [-0.2, 0) is 13.5 Å². The molecule has 4 heteroatoms. The van der Waals surface area contributed by atoms with Gasteiger partial charge < -0.3 is 10.3 Å². The van der Waals surface area contributed by atoms with Crippen LogP contribution in [0.3, 0.4) is 0 Å². The highest BCUT2D eigenvalue weighted by Crippen LogP contribution is 2.11. The molecule has 2 aromatic heterocycles. The summed E-state index contributed by atoms with van der Waals surface area (Å²) in [5.74, 6) is 0.968. The van der Waals surface area contributed by atoms with Gasteiger partial charge in [0.05, 0.1) is 17.8 Å². The molecule has 0 spiro atoms. The molecule has 72 valence electrons. The lowest BCUT2D eigenvalue weighted by molar-refractivity contribution is 0.812. The molecule has 0 amide bonds. The van der Waals surface area contributed by atoms with E-state index in [1.165, 1.54) is 0 Å².